The molecule has 0 radical (unpaired) electrons. The van der Waals surface area contributed by atoms with Crippen molar-refractivity contribution in [1.82, 2.24) is 24.3 Å². The molecule has 2 aromatic heterocycles. The van der Waals surface area contributed by atoms with Gasteiger partial charge in [0.2, 0.25) is 11.9 Å². The summed E-state index contributed by atoms with van der Waals surface area (Å²) in [5, 5.41) is 4.69. The summed E-state index contributed by atoms with van der Waals surface area (Å²) in [7, 11) is 2.18. The van der Waals surface area contributed by atoms with Crippen LogP contribution in [0.5, 0.6) is 0 Å². The average Bonchev–Trinajstić information content (AvgIpc) is 3.03. The van der Waals surface area contributed by atoms with Crippen molar-refractivity contribution in [2.75, 3.05) is 50.0 Å². The number of likely N-dealkylation sites (N-methyl/N-ethyl adjacent to an activating group) is 1. The van der Waals surface area contributed by atoms with Gasteiger partial charge < -0.3 is 20.0 Å². The number of piperidine rings is 1. The van der Waals surface area contributed by atoms with E-state index in [1.54, 1.807) is 16.8 Å². The number of halogens is 1. The third-order valence-corrected chi connectivity index (χ3v) is 9.85. The second-order valence-electron chi connectivity index (χ2n) is 12.5. The van der Waals surface area contributed by atoms with Crippen LogP contribution in [0.25, 0.3) is 22.2 Å². The predicted octanol–water partition coefficient (Wildman–Crippen LogP) is 6.19. The molecule has 2 saturated heterocycles. The Morgan fingerprint density at radius 1 is 1.09 bits per heavy atom. The summed E-state index contributed by atoms with van der Waals surface area (Å²) in [6.45, 7) is 12.4. The largest absolute Gasteiger partial charge is 0.368 e. The van der Waals surface area contributed by atoms with Gasteiger partial charge in [-0.15, -0.1) is 0 Å². The van der Waals surface area contributed by atoms with Crippen molar-refractivity contribution in [3.8, 4) is 11.1 Å². The smallest absolute Gasteiger partial charge is 0.260 e. The molecule has 0 bridgehead atoms. The van der Waals surface area contributed by atoms with E-state index in [1.807, 2.05) is 36.9 Å². The molecule has 6 rings (SSSR count). The Bertz CT molecular complexity index is 1810. The van der Waals surface area contributed by atoms with Crippen LogP contribution in [-0.2, 0) is 4.79 Å². The van der Waals surface area contributed by atoms with Gasteiger partial charge in [0.05, 0.1) is 11.6 Å². The summed E-state index contributed by atoms with van der Waals surface area (Å²) in [6.07, 6.45) is 3.81. The first-order valence-electron chi connectivity index (χ1n) is 15.9. The number of aromatic nitrogens is 3. The first kappa shape index (κ1) is 31.0. The second-order valence-corrected chi connectivity index (χ2v) is 12.9. The maximum absolute atomic E-state index is 14.5. The number of amides is 1. The molecule has 2 atom stereocenters. The lowest BCUT2D eigenvalue weighted by molar-refractivity contribution is -0.132. The van der Waals surface area contributed by atoms with E-state index in [4.69, 9.17) is 21.6 Å². The number of likely N-dealkylation sites (tertiary alicyclic amines) is 1. The average molecular weight is 628 g/mol. The highest BCUT2D eigenvalue weighted by Crippen LogP contribution is 2.34. The van der Waals surface area contributed by atoms with Gasteiger partial charge in [-0.2, -0.15) is 4.98 Å². The Labute approximate surface area is 269 Å². The number of fused-ring (bicyclic) bond motifs is 1. The third kappa shape index (κ3) is 6.03. The molecule has 2 unspecified atom stereocenters. The molecule has 0 aliphatic carbocycles. The van der Waals surface area contributed by atoms with E-state index in [0.717, 1.165) is 49.1 Å². The number of rotatable bonds is 6. The van der Waals surface area contributed by atoms with Crippen molar-refractivity contribution in [2.24, 2.45) is 0 Å². The van der Waals surface area contributed by atoms with Gasteiger partial charge in [-0.05, 0) is 76.1 Å². The number of carbonyl (C=O) groups excluding carboxylic acids is 1. The number of anilines is 3. The van der Waals surface area contributed by atoms with E-state index >= 15 is 0 Å². The van der Waals surface area contributed by atoms with Gasteiger partial charge in [0, 0.05) is 78.7 Å². The number of carbonyl (C=O) groups is 1. The zero-order chi connectivity index (χ0) is 31.8. The van der Waals surface area contributed by atoms with E-state index in [1.165, 1.54) is 11.3 Å². The van der Waals surface area contributed by atoms with Crippen LogP contribution in [0.1, 0.15) is 50.3 Å². The van der Waals surface area contributed by atoms with E-state index < -0.39 is 0 Å². The minimum absolute atomic E-state index is 0.0947. The number of piperazine rings is 1. The van der Waals surface area contributed by atoms with E-state index in [-0.39, 0.29) is 17.5 Å². The SMILES string of the molecule is CCC(=O)N1CCCC(n2c(=O)c(-c3ccccc3Cl)c(C)c3cnc(Nc4ccc(N5CCN(C)C(C)C5)c(C)c4)nc32)C1. The number of aryl methyl sites for hydroxylation is 2. The number of hydrogen-bond donors (Lipinski definition) is 1. The number of nitrogens with zero attached hydrogens (tertiary/aromatic N) is 6. The van der Waals surface area contributed by atoms with Crippen molar-refractivity contribution >= 4 is 45.9 Å². The molecule has 45 heavy (non-hydrogen) atoms. The highest BCUT2D eigenvalue weighted by molar-refractivity contribution is 6.33. The van der Waals surface area contributed by atoms with Gasteiger partial charge in [-0.25, -0.2) is 4.98 Å². The van der Waals surface area contributed by atoms with E-state index in [2.05, 4.69) is 54.2 Å². The highest BCUT2D eigenvalue weighted by Gasteiger charge is 2.29. The van der Waals surface area contributed by atoms with E-state index in [9.17, 15) is 9.59 Å². The predicted molar refractivity (Wildman–Crippen MR) is 183 cm³/mol. The lowest BCUT2D eigenvalue weighted by atomic mass is 9.98. The van der Waals surface area contributed by atoms with Gasteiger partial charge in [-0.3, -0.25) is 14.2 Å². The number of nitrogens with one attached hydrogen (secondary N) is 1. The van der Waals surface area contributed by atoms with Crippen molar-refractivity contribution < 1.29 is 4.79 Å². The van der Waals surface area contributed by atoms with Crippen LogP contribution in [0.15, 0.2) is 53.5 Å². The number of pyridine rings is 1. The molecule has 0 spiro atoms. The van der Waals surface area contributed by atoms with Crippen molar-refractivity contribution in [3.05, 3.63) is 75.2 Å². The Hall–Kier alpha value is -3.95. The van der Waals surface area contributed by atoms with Crippen LogP contribution in [0.2, 0.25) is 5.02 Å². The Morgan fingerprint density at radius 2 is 1.89 bits per heavy atom. The summed E-state index contributed by atoms with van der Waals surface area (Å²) < 4.78 is 1.78. The lowest BCUT2D eigenvalue weighted by Crippen LogP contribution is -2.50. The van der Waals surface area contributed by atoms with Crippen molar-refractivity contribution in [3.63, 3.8) is 0 Å². The molecule has 4 heterocycles. The van der Waals surface area contributed by atoms with Gasteiger partial charge in [0.1, 0.15) is 5.65 Å². The van der Waals surface area contributed by atoms with Gasteiger partial charge in [0.15, 0.2) is 0 Å². The van der Waals surface area contributed by atoms with Crippen molar-refractivity contribution in [2.45, 2.75) is 59.0 Å². The Balaban J connectivity index is 1.41. The summed E-state index contributed by atoms with van der Waals surface area (Å²) in [4.78, 5) is 43.5. The topological polar surface area (TPSA) is 86.6 Å². The normalized spacial score (nSPS) is 19.2. The molecule has 236 valence electrons. The summed E-state index contributed by atoms with van der Waals surface area (Å²) in [5.41, 5.74) is 5.70. The summed E-state index contributed by atoms with van der Waals surface area (Å²) in [6, 6.07) is 14.0. The fourth-order valence-corrected chi connectivity index (χ4v) is 7.04. The zero-order valence-electron chi connectivity index (χ0n) is 26.8. The standard InChI is InChI=1S/C35H42ClN7O2/c1-6-31(44)42-15-9-10-26(21-42)43-33-28(24(4)32(34(43)45)27-11-7-8-12-29(27)36)19-37-35(39-33)38-25-13-14-30(22(2)18-25)41-17-16-40(5)23(3)20-41/h7-8,11-14,18-19,23,26H,6,9-10,15-17,20-21H2,1-5H3,(H,37,38,39). The monoisotopic (exact) mass is 627 g/mol. The highest BCUT2D eigenvalue weighted by atomic mass is 35.5. The molecule has 2 aliphatic rings. The minimum atomic E-state index is -0.221. The lowest BCUT2D eigenvalue weighted by Gasteiger charge is -2.39. The minimum Gasteiger partial charge on any atom is -0.368 e. The molecule has 10 heteroatoms. The third-order valence-electron chi connectivity index (χ3n) is 9.52. The van der Waals surface area contributed by atoms with Crippen LogP contribution in [0.4, 0.5) is 17.3 Å². The fourth-order valence-electron chi connectivity index (χ4n) is 6.81. The zero-order valence-corrected chi connectivity index (χ0v) is 27.6. The number of hydrogen-bond acceptors (Lipinski definition) is 7. The van der Waals surface area contributed by atoms with E-state index in [0.29, 0.717) is 53.3 Å². The van der Waals surface area contributed by atoms with Crippen LogP contribution in [-0.4, -0.2) is 76.1 Å². The molecule has 2 fully saturated rings. The molecule has 1 N–H and O–H groups in total. The van der Waals surface area contributed by atoms with Crippen LogP contribution < -0.4 is 15.8 Å². The van der Waals surface area contributed by atoms with Gasteiger partial charge in [0.25, 0.3) is 5.56 Å². The fraction of sp³-hybridized carbons (Fsp3) is 0.429. The molecule has 0 saturated carbocycles. The molecular weight excluding hydrogens is 586 g/mol. The van der Waals surface area contributed by atoms with Gasteiger partial charge in [-0.1, -0.05) is 36.7 Å². The van der Waals surface area contributed by atoms with Crippen molar-refractivity contribution in [1.29, 1.82) is 0 Å². The first-order valence-corrected chi connectivity index (χ1v) is 16.3. The Kier molecular flexibility index (Phi) is 8.84. The molecule has 9 nitrogen and oxygen atoms in total. The number of benzene rings is 2. The molecule has 2 aromatic carbocycles. The second kappa shape index (κ2) is 12.8. The molecule has 1 amide bonds. The van der Waals surface area contributed by atoms with Crippen LogP contribution in [0, 0.1) is 13.8 Å². The van der Waals surface area contributed by atoms with Crippen LogP contribution >= 0.6 is 11.6 Å². The maximum Gasteiger partial charge on any atom is 0.260 e. The quantitative estimate of drug-likeness (QED) is 0.273. The molecule has 2 aliphatic heterocycles. The Morgan fingerprint density at radius 3 is 2.62 bits per heavy atom. The summed E-state index contributed by atoms with van der Waals surface area (Å²) in [5.74, 6) is 0.510. The first-order chi connectivity index (χ1) is 21.7. The van der Waals surface area contributed by atoms with Crippen LogP contribution in [0.3, 0.4) is 0 Å². The summed E-state index contributed by atoms with van der Waals surface area (Å²) >= 11 is 6.63. The van der Waals surface area contributed by atoms with Gasteiger partial charge >= 0.3 is 0 Å². The maximum atomic E-state index is 14.5. The molecular formula is C35H42ClN7O2. The molecule has 4 aromatic rings.